The number of carbonyl (C=O) groups excluding carboxylic acids is 1. The van der Waals surface area contributed by atoms with Crippen LogP contribution in [0.2, 0.25) is 0 Å². The summed E-state index contributed by atoms with van der Waals surface area (Å²) in [5, 5.41) is 3.17. The Morgan fingerprint density at radius 3 is 2.42 bits per heavy atom. The first-order chi connectivity index (χ1) is 8.88. The van der Waals surface area contributed by atoms with Crippen molar-refractivity contribution in [2.45, 2.75) is 26.3 Å². The molecule has 0 radical (unpaired) electrons. The highest BCUT2D eigenvalue weighted by molar-refractivity contribution is 9.10. The fraction of sp³-hybridized carbons (Fsp3) is 0.500. The second-order valence-corrected chi connectivity index (χ2v) is 5.44. The van der Waals surface area contributed by atoms with Gasteiger partial charge in [-0.2, -0.15) is 0 Å². The van der Waals surface area contributed by atoms with Crippen molar-refractivity contribution in [3.63, 3.8) is 0 Å². The van der Waals surface area contributed by atoms with Gasteiger partial charge in [0, 0.05) is 0 Å². The van der Waals surface area contributed by atoms with E-state index in [1.54, 1.807) is 19.2 Å². The molecule has 0 saturated heterocycles. The van der Waals surface area contributed by atoms with Gasteiger partial charge in [0.15, 0.2) is 5.78 Å². The number of methoxy groups -OCH3 is 2. The highest BCUT2D eigenvalue weighted by Gasteiger charge is 2.30. The van der Waals surface area contributed by atoms with E-state index in [1.807, 2.05) is 20.8 Å². The summed E-state index contributed by atoms with van der Waals surface area (Å²) in [7, 11) is 3.11. The number of benzene rings is 1. The summed E-state index contributed by atoms with van der Waals surface area (Å²) >= 11 is 3.40. The summed E-state index contributed by atoms with van der Waals surface area (Å²) in [4.78, 5) is 12.6. The van der Waals surface area contributed by atoms with E-state index in [2.05, 4.69) is 21.2 Å². The van der Waals surface area contributed by atoms with Crippen LogP contribution in [0.1, 0.15) is 31.1 Å². The number of carbonyl (C=O) groups is 1. The molecule has 0 spiro atoms. The first-order valence-corrected chi connectivity index (χ1v) is 6.88. The van der Waals surface area contributed by atoms with E-state index < -0.39 is 5.54 Å². The minimum atomic E-state index is -0.643. The van der Waals surface area contributed by atoms with E-state index in [-0.39, 0.29) is 5.78 Å². The molecular formula is C14H20BrNO3. The number of ether oxygens (including phenoxy) is 2. The van der Waals surface area contributed by atoms with E-state index in [9.17, 15) is 4.79 Å². The summed E-state index contributed by atoms with van der Waals surface area (Å²) in [5.41, 5.74) is -0.114. The SMILES string of the molecule is CCNC(C)(C)C(=O)c1ccc(OC)c(Br)c1OC. The van der Waals surface area contributed by atoms with Crippen molar-refractivity contribution < 1.29 is 14.3 Å². The molecule has 1 aromatic rings. The number of rotatable bonds is 6. The molecule has 0 aromatic heterocycles. The minimum absolute atomic E-state index is 0.0189. The Labute approximate surface area is 122 Å². The Morgan fingerprint density at radius 2 is 1.95 bits per heavy atom. The van der Waals surface area contributed by atoms with Crippen molar-refractivity contribution in [3.8, 4) is 11.5 Å². The fourth-order valence-electron chi connectivity index (χ4n) is 1.93. The highest BCUT2D eigenvalue weighted by atomic mass is 79.9. The number of Topliss-reactive ketones (excluding diaryl/α,β-unsaturated/α-hetero) is 1. The lowest BCUT2D eigenvalue weighted by atomic mass is 9.92. The molecule has 1 N–H and O–H groups in total. The smallest absolute Gasteiger partial charge is 0.186 e. The van der Waals surface area contributed by atoms with Crippen LogP contribution in [0, 0.1) is 0 Å². The zero-order chi connectivity index (χ0) is 14.6. The van der Waals surface area contributed by atoms with Crippen molar-refractivity contribution in [1.29, 1.82) is 0 Å². The van der Waals surface area contributed by atoms with Crippen LogP contribution in [-0.2, 0) is 0 Å². The average Bonchev–Trinajstić information content (AvgIpc) is 2.37. The topological polar surface area (TPSA) is 47.6 Å². The van der Waals surface area contributed by atoms with Crippen molar-refractivity contribution in [1.82, 2.24) is 5.32 Å². The van der Waals surface area contributed by atoms with Gasteiger partial charge in [0.05, 0.1) is 25.3 Å². The lowest BCUT2D eigenvalue weighted by Gasteiger charge is -2.25. The summed E-state index contributed by atoms with van der Waals surface area (Å²) in [5.74, 6) is 1.11. The number of nitrogens with one attached hydrogen (secondary N) is 1. The number of hydrogen-bond donors (Lipinski definition) is 1. The molecule has 19 heavy (non-hydrogen) atoms. The third-order valence-electron chi connectivity index (χ3n) is 2.92. The summed E-state index contributed by atoms with van der Waals surface area (Å²) in [6.07, 6.45) is 0. The second kappa shape index (κ2) is 6.39. The van der Waals surface area contributed by atoms with E-state index >= 15 is 0 Å². The Bertz CT molecular complexity index is 472. The summed E-state index contributed by atoms with van der Waals surface area (Å²) < 4.78 is 11.2. The summed E-state index contributed by atoms with van der Waals surface area (Å²) in [6, 6.07) is 3.48. The number of halogens is 1. The zero-order valence-electron chi connectivity index (χ0n) is 12.0. The predicted octanol–water partition coefficient (Wildman–Crippen LogP) is 3.04. The lowest BCUT2D eigenvalue weighted by Crippen LogP contribution is -2.46. The Balaban J connectivity index is 3.28. The molecular weight excluding hydrogens is 310 g/mol. The maximum absolute atomic E-state index is 12.6. The molecule has 0 amide bonds. The average molecular weight is 330 g/mol. The largest absolute Gasteiger partial charge is 0.495 e. The minimum Gasteiger partial charge on any atom is -0.495 e. The predicted molar refractivity (Wildman–Crippen MR) is 79.3 cm³/mol. The Hall–Kier alpha value is -1.07. The van der Waals surface area contributed by atoms with E-state index in [4.69, 9.17) is 9.47 Å². The molecule has 0 aliphatic rings. The maximum atomic E-state index is 12.6. The molecule has 0 atom stereocenters. The van der Waals surface area contributed by atoms with Crippen LogP contribution in [0.5, 0.6) is 11.5 Å². The van der Waals surface area contributed by atoms with Crippen LogP contribution in [0.4, 0.5) is 0 Å². The first kappa shape index (κ1) is 16.0. The van der Waals surface area contributed by atoms with Gasteiger partial charge in [-0.25, -0.2) is 0 Å². The third kappa shape index (κ3) is 3.28. The standard InChI is InChI=1S/C14H20BrNO3/c1-6-16-14(2,3)13(17)9-7-8-10(18-4)11(15)12(9)19-5/h7-8,16H,6H2,1-5H3. The van der Waals surface area contributed by atoms with Gasteiger partial charge in [-0.1, -0.05) is 6.92 Å². The van der Waals surface area contributed by atoms with E-state index in [1.165, 1.54) is 7.11 Å². The molecule has 5 heteroatoms. The lowest BCUT2D eigenvalue weighted by molar-refractivity contribution is 0.0880. The van der Waals surface area contributed by atoms with Gasteiger partial charge in [0.2, 0.25) is 0 Å². The van der Waals surface area contributed by atoms with E-state index in [0.717, 1.165) is 6.54 Å². The van der Waals surface area contributed by atoms with Gasteiger partial charge in [-0.3, -0.25) is 4.79 Å². The summed E-state index contributed by atoms with van der Waals surface area (Å²) in [6.45, 7) is 6.40. The van der Waals surface area contributed by atoms with Crippen LogP contribution < -0.4 is 14.8 Å². The molecule has 0 aliphatic carbocycles. The van der Waals surface area contributed by atoms with Crippen molar-refractivity contribution >= 4 is 21.7 Å². The monoisotopic (exact) mass is 329 g/mol. The van der Waals surface area contributed by atoms with Crippen LogP contribution >= 0.6 is 15.9 Å². The van der Waals surface area contributed by atoms with Crippen molar-refractivity contribution in [2.24, 2.45) is 0 Å². The Kier molecular flexibility index (Phi) is 5.38. The van der Waals surface area contributed by atoms with Crippen LogP contribution in [0.3, 0.4) is 0 Å². The molecule has 4 nitrogen and oxygen atoms in total. The third-order valence-corrected chi connectivity index (χ3v) is 3.67. The zero-order valence-corrected chi connectivity index (χ0v) is 13.6. The van der Waals surface area contributed by atoms with Gasteiger partial charge >= 0.3 is 0 Å². The van der Waals surface area contributed by atoms with Crippen LogP contribution in [0.15, 0.2) is 16.6 Å². The van der Waals surface area contributed by atoms with Gasteiger partial charge in [0.25, 0.3) is 0 Å². The normalized spacial score (nSPS) is 11.3. The van der Waals surface area contributed by atoms with Gasteiger partial charge < -0.3 is 14.8 Å². The van der Waals surface area contributed by atoms with Crippen LogP contribution in [-0.4, -0.2) is 32.1 Å². The quantitative estimate of drug-likeness (QED) is 0.815. The Morgan fingerprint density at radius 1 is 1.32 bits per heavy atom. The van der Waals surface area contributed by atoms with E-state index in [0.29, 0.717) is 21.5 Å². The number of hydrogen-bond acceptors (Lipinski definition) is 4. The van der Waals surface area contributed by atoms with Crippen LogP contribution in [0.25, 0.3) is 0 Å². The highest BCUT2D eigenvalue weighted by Crippen LogP contribution is 2.38. The van der Waals surface area contributed by atoms with Gasteiger partial charge in [0.1, 0.15) is 16.0 Å². The van der Waals surface area contributed by atoms with Gasteiger partial charge in [-0.15, -0.1) is 0 Å². The number of likely N-dealkylation sites (N-methyl/N-ethyl adjacent to an activating group) is 1. The molecule has 0 heterocycles. The molecule has 0 fully saturated rings. The first-order valence-electron chi connectivity index (χ1n) is 6.09. The van der Waals surface area contributed by atoms with Crippen molar-refractivity contribution in [3.05, 3.63) is 22.2 Å². The second-order valence-electron chi connectivity index (χ2n) is 4.65. The van der Waals surface area contributed by atoms with Gasteiger partial charge in [-0.05, 0) is 48.5 Å². The number of ketones is 1. The molecule has 0 unspecified atom stereocenters. The molecule has 1 aromatic carbocycles. The molecule has 0 saturated carbocycles. The van der Waals surface area contributed by atoms with Crippen molar-refractivity contribution in [2.75, 3.05) is 20.8 Å². The maximum Gasteiger partial charge on any atom is 0.186 e. The molecule has 0 aliphatic heterocycles. The molecule has 1 rings (SSSR count). The fourth-order valence-corrected chi connectivity index (χ4v) is 2.60. The molecule has 0 bridgehead atoms. The molecule has 106 valence electrons.